The maximum atomic E-state index is 12.3. The summed E-state index contributed by atoms with van der Waals surface area (Å²) >= 11 is 0. The number of carbonyl (C=O) groups is 2. The SMILES string of the molecule is CC(C)C(C)(CC(=O)NC1CCCc2occc21)C(=O)O. The summed E-state index contributed by atoms with van der Waals surface area (Å²) in [5.41, 5.74) is -0.0194. The standard InChI is InChI=1S/C16H23NO4/c1-10(2)16(3,15(19)20)9-14(18)17-12-5-4-6-13-11(12)7-8-21-13/h7-8,10,12H,4-6,9H2,1-3H3,(H,17,18)(H,19,20). The minimum Gasteiger partial charge on any atom is -0.481 e. The van der Waals surface area contributed by atoms with E-state index in [2.05, 4.69) is 5.32 Å². The van der Waals surface area contributed by atoms with Crippen molar-refractivity contribution in [2.45, 2.75) is 52.5 Å². The van der Waals surface area contributed by atoms with Gasteiger partial charge in [0.05, 0.1) is 17.7 Å². The molecule has 1 aromatic heterocycles. The van der Waals surface area contributed by atoms with E-state index >= 15 is 0 Å². The van der Waals surface area contributed by atoms with E-state index in [-0.39, 0.29) is 24.3 Å². The normalized spacial score (nSPS) is 20.7. The van der Waals surface area contributed by atoms with Gasteiger partial charge in [-0.2, -0.15) is 0 Å². The highest BCUT2D eigenvalue weighted by Crippen LogP contribution is 2.33. The first-order valence-electron chi connectivity index (χ1n) is 7.43. The molecule has 2 rings (SSSR count). The summed E-state index contributed by atoms with van der Waals surface area (Å²) in [6.07, 6.45) is 4.36. The monoisotopic (exact) mass is 293 g/mol. The fourth-order valence-corrected chi connectivity index (χ4v) is 2.74. The summed E-state index contributed by atoms with van der Waals surface area (Å²) in [5.74, 6) is -0.332. The van der Waals surface area contributed by atoms with E-state index in [0.29, 0.717) is 0 Å². The molecule has 0 aromatic carbocycles. The van der Waals surface area contributed by atoms with E-state index < -0.39 is 11.4 Å². The number of furan rings is 1. The number of carboxylic acids is 1. The highest BCUT2D eigenvalue weighted by Gasteiger charge is 2.39. The van der Waals surface area contributed by atoms with Gasteiger partial charge >= 0.3 is 5.97 Å². The molecule has 2 atom stereocenters. The predicted molar refractivity (Wildman–Crippen MR) is 77.7 cm³/mol. The first kappa shape index (κ1) is 15.6. The molecule has 1 aliphatic carbocycles. The van der Waals surface area contributed by atoms with Gasteiger partial charge in [-0.25, -0.2) is 0 Å². The Morgan fingerprint density at radius 2 is 2.24 bits per heavy atom. The van der Waals surface area contributed by atoms with E-state index in [9.17, 15) is 14.7 Å². The lowest BCUT2D eigenvalue weighted by Gasteiger charge is -2.30. The topological polar surface area (TPSA) is 79.5 Å². The van der Waals surface area contributed by atoms with Crippen molar-refractivity contribution in [3.05, 3.63) is 23.7 Å². The smallest absolute Gasteiger partial charge is 0.310 e. The first-order valence-corrected chi connectivity index (χ1v) is 7.43. The summed E-state index contributed by atoms with van der Waals surface area (Å²) in [6, 6.07) is 1.82. The van der Waals surface area contributed by atoms with Crippen molar-refractivity contribution in [3.63, 3.8) is 0 Å². The number of rotatable bonds is 5. The van der Waals surface area contributed by atoms with E-state index in [1.807, 2.05) is 19.9 Å². The van der Waals surface area contributed by atoms with Crippen LogP contribution in [-0.2, 0) is 16.0 Å². The van der Waals surface area contributed by atoms with Crippen molar-refractivity contribution in [2.24, 2.45) is 11.3 Å². The van der Waals surface area contributed by atoms with Gasteiger partial charge in [0.25, 0.3) is 0 Å². The largest absolute Gasteiger partial charge is 0.481 e. The third-order valence-electron chi connectivity index (χ3n) is 4.68. The molecule has 5 nitrogen and oxygen atoms in total. The summed E-state index contributed by atoms with van der Waals surface area (Å²) in [6.45, 7) is 5.29. The fourth-order valence-electron chi connectivity index (χ4n) is 2.74. The van der Waals surface area contributed by atoms with Crippen molar-refractivity contribution in [1.29, 1.82) is 0 Å². The highest BCUT2D eigenvalue weighted by atomic mass is 16.4. The van der Waals surface area contributed by atoms with Crippen molar-refractivity contribution in [2.75, 3.05) is 0 Å². The van der Waals surface area contributed by atoms with Crippen molar-refractivity contribution >= 4 is 11.9 Å². The molecule has 21 heavy (non-hydrogen) atoms. The van der Waals surface area contributed by atoms with Crippen molar-refractivity contribution in [3.8, 4) is 0 Å². The van der Waals surface area contributed by atoms with E-state index in [1.54, 1.807) is 13.2 Å². The van der Waals surface area contributed by atoms with E-state index in [4.69, 9.17) is 4.42 Å². The van der Waals surface area contributed by atoms with Gasteiger partial charge < -0.3 is 14.8 Å². The molecule has 1 heterocycles. The molecule has 116 valence electrons. The Hall–Kier alpha value is -1.78. The number of carbonyl (C=O) groups excluding carboxylic acids is 1. The highest BCUT2D eigenvalue weighted by molar-refractivity contribution is 5.85. The van der Waals surface area contributed by atoms with Crippen LogP contribution in [0.3, 0.4) is 0 Å². The van der Waals surface area contributed by atoms with E-state index in [1.165, 1.54) is 0 Å². The van der Waals surface area contributed by atoms with Crippen LogP contribution in [0.4, 0.5) is 0 Å². The zero-order valence-electron chi connectivity index (χ0n) is 12.8. The quantitative estimate of drug-likeness (QED) is 0.874. The first-order chi connectivity index (χ1) is 9.84. The Morgan fingerprint density at radius 1 is 1.52 bits per heavy atom. The molecule has 0 saturated carbocycles. The predicted octanol–water partition coefficient (Wildman–Crippen LogP) is 2.91. The van der Waals surface area contributed by atoms with Crippen LogP contribution in [-0.4, -0.2) is 17.0 Å². The van der Waals surface area contributed by atoms with Gasteiger partial charge in [0.1, 0.15) is 5.76 Å². The summed E-state index contributed by atoms with van der Waals surface area (Å²) in [5, 5.41) is 12.4. The van der Waals surface area contributed by atoms with Crippen molar-refractivity contribution < 1.29 is 19.1 Å². The molecule has 0 fully saturated rings. The zero-order valence-corrected chi connectivity index (χ0v) is 12.8. The third-order valence-corrected chi connectivity index (χ3v) is 4.68. The van der Waals surface area contributed by atoms with Crippen LogP contribution in [0.25, 0.3) is 0 Å². The molecule has 5 heteroatoms. The minimum atomic E-state index is -1.04. The second-order valence-corrected chi connectivity index (χ2v) is 6.37. The van der Waals surface area contributed by atoms with Crippen LogP contribution >= 0.6 is 0 Å². The van der Waals surface area contributed by atoms with Crippen LogP contribution in [0.15, 0.2) is 16.7 Å². The summed E-state index contributed by atoms with van der Waals surface area (Å²) < 4.78 is 5.40. The minimum absolute atomic E-state index is 0.0102. The molecule has 0 aliphatic heterocycles. The van der Waals surface area contributed by atoms with Crippen LogP contribution in [0.1, 0.15) is 57.4 Å². The zero-order chi connectivity index (χ0) is 15.6. The number of carboxylic acid groups (broad SMARTS) is 1. The van der Waals surface area contributed by atoms with Gasteiger partial charge in [-0.3, -0.25) is 9.59 Å². The van der Waals surface area contributed by atoms with Crippen LogP contribution in [0, 0.1) is 11.3 Å². The lowest BCUT2D eigenvalue weighted by atomic mass is 9.76. The third kappa shape index (κ3) is 3.12. The molecule has 1 aromatic rings. The van der Waals surface area contributed by atoms with Gasteiger partial charge in [-0.1, -0.05) is 13.8 Å². The van der Waals surface area contributed by atoms with E-state index in [0.717, 1.165) is 30.6 Å². The van der Waals surface area contributed by atoms with Crippen LogP contribution < -0.4 is 5.32 Å². The number of hydrogen-bond acceptors (Lipinski definition) is 3. The molecule has 0 saturated heterocycles. The maximum Gasteiger partial charge on any atom is 0.310 e. The Kier molecular flexibility index (Phi) is 4.40. The Morgan fingerprint density at radius 3 is 2.86 bits per heavy atom. The number of hydrogen-bond donors (Lipinski definition) is 2. The lowest BCUT2D eigenvalue weighted by Crippen LogP contribution is -2.40. The number of amides is 1. The average molecular weight is 293 g/mol. The molecule has 1 aliphatic rings. The molecule has 2 N–H and O–H groups in total. The fraction of sp³-hybridized carbons (Fsp3) is 0.625. The van der Waals surface area contributed by atoms with Gasteiger partial charge in [0, 0.05) is 18.4 Å². The number of nitrogens with one attached hydrogen (secondary N) is 1. The van der Waals surface area contributed by atoms with Crippen LogP contribution in [0.2, 0.25) is 0 Å². The molecular weight excluding hydrogens is 270 g/mol. The second kappa shape index (κ2) is 5.92. The molecular formula is C16H23NO4. The number of aliphatic carboxylic acids is 1. The molecule has 0 spiro atoms. The lowest BCUT2D eigenvalue weighted by molar-refractivity contribution is -0.153. The molecule has 1 amide bonds. The summed E-state index contributed by atoms with van der Waals surface area (Å²) in [4.78, 5) is 23.7. The number of fused-ring (bicyclic) bond motifs is 1. The van der Waals surface area contributed by atoms with Crippen molar-refractivity contribution in [1.82, 2.24) is 5.32 Å². The van der Waals surface area contributed by atoms with Gasteiger partial charge in [0.15, 0.2) is 0 Å². The Bertz CT molecular complexity index is 534. The Labute approximate surface area is 124 Å². The second-order valence-electron chi connectivity index (χ2n) is 6.37. The Balaban J connectivity index is 2.05. The van der Waals surface area contributed by atoms with Gasteiger partial charge in [0.2, 0.25) is 5.91 Å². The molecule has 2 unspecified atom stereocenters. The summed E-state index contributed by atoms with van der Waals surface area (Å²) in [7, 11) is 0. The van der Waals surface area contributed by atoms with Gasteiger partial charge in [-0.05, 0) is 31.7 Å². The molecule has 0 bridgehead atoms. The molecule has 0 radical (unpaired) electrons. The van der Waals surface area contributed by atoms with Crippen LogP contribution in [0.5, 0.6) is 0 Å². The average Bonchev–Trinajstić information content (AvgIpc) is 2.87. The van der Waals surface area contributed by atoms with Gasteiger partial charge in [-0.15, -0.1) is 0 Å². The number of aryl methyl sites for hydroxylation is 1. The maximum absolute atomic E-state index is 12.3.